The molecule has 4 aromatic rings. The second-order valence-corrected chi connectivity index (χ2v) is 10.1. The van der Waals surface area contributed by atoms with Gasteiger partial charge in [0.2, 0.25) is 18.6 Å². The molecule has 0 bridgehead atoms. The quantitative estimate of drug-likeness (QED) is 0.304. The Bertz CT molecular complexity index is 1560. The highest BCUT2D eigenvalue weighted by atomic mass is 16.7. The maximum Gasteiger partial charge on any atom is 0.321 e. The zero-order valence-electron chi connectivity index (χ0n) is 23.7. The summed E-state index contributed by atoms with van der Waals surface area (Å²) in [4.78, 5) is 43.4. The van der Waals surface area contributed by atoms with Gasteiger partial charge in [0.25, 0.3) is 0 Å². The van der Waals surface area contributed by atoms with Crippen LogP contribution < -0.4 is 29.7 Å². The van der Waals surface area contributed by atoms with Crippen LogP contribution in [-0.2, 0) is 11.2 Å². The summed E-state index contributed by atoms with van der Waals surface area (Å²) < 4.78 is 17.8. The number of benzene rings is 2. The van der Waals surface area contributed by atoms with Crippen LogP contribution >= 0.6 is 0 Å². The molecule has 2 aliphatic rings. The Balaban J connectivity index is 1.13. The van der Waals surface area contributed by atoms with Crippen molar-refractivity contribution in [2.45, 2.75) is 18.9 Å². The lowest BCUT2D eigenvalue weighted by molar-refractivity contribution is -0.121. The number of methoxy groups -OCH3 is 1. The number of fused-ring (bicyclic) bond motifs is 1. The van der Waals surface area contributed by atoms with Crippen molar-refractivity contribution in [1.82, 2.24) is 29.7 Å². The van der Waals surface area contributed by atoms with Crippen LogP contribution in [0.2, 0.25) is 0 Å². The predicted molar refractivity (Wildman–Crippen MR) is 158 cm³/mol. The van der Waals surface area contributed by atoms with Crippen molar-refractivity contribution in [3.63, 3.8) is 0 Å². The van der Waals surface area contributed by atoms with Gasteiger partial charge < -0.3 is 34.6 Å². The van der Waals surface area contributed by atoms with Gasteiger partial charge in [-0.2, -0.15) is 4.98 Å². The molecule has 3 amide bonds. The molecule has 13 heteroatoms. The highest BCUT2D eigenvalue weighted by molar-refractivity contribution is 5.89. The van der Waals surface area contributed by atoms with Gasteiger partial charge in [-0.05, 0) is 54.4 Å². The van der Waals surface area contributed by atoms with Crippen LogP contribution in [0, 0.1) is 0 Å². The highest BCUT2D eigenvalue weighted by Gasteiger charge is 2.32. The fraction of sp³-hybridized carbons (Fsp3) is 0.300. The van der Waals surface area contributed by atoms with Crippen LogP contribution in [0.1, 0.15) is 12.0 Å². The maximum atomic E-state index is 13.2. The molecule has 4 heterocycles. The number of hydrogen-bond acceptors (Lipinski definition) is 9. The summed E-state index contributed by atoms with van der Waals surface area (Å²) in [6, 6.07) is 14.2. The standard InChI is InChI=1S/C30H32N8O5/c1-41-24-5-3-22(4-6-24)34-30(40)36-14-15-38(27-9-11-33-29(35-27)37-13-12-31-19-37)23(18-36)17-28(39)32-10-8-21-2-7-25-26(16-21)43-20-42-25/h2-7,9,11-13,16,19,23H,8,10,14-15,17-18,20H2,1H3,(H,32,39)(H,34,40). The van der Waals surface area contributed by atoms with Crippen LogP contribution in [0.3, 0.4) is 0 Å². The minimum Gasteiger partial charge on any atom is -0.497 e. The molecule has 13 nitrogen and oxygen atoms in total. The van der Waals surface area contributed by atoms with Gasteiger partial charge in [0.05, 0.1) is 13.2 Å². The van der Waals surface area contributed by atoms with Gasteiger partial charge in [-0.3, -0.25) is 9.36 Å². The average Bonchev–Trinajstić information content (AvgIpc) is 3.74. The monoisotopic (exact) mass is 584 g/mol. The van der Waals surface area contributed by atoms with E-state index in [1.807, 2.05) is 24.3 Å². The first kappa shape index (κ1) is 27.8. The number of aromatic nitrogens is 4. The molecule has 2 aromatic carbocycles. The van der Waals surface area contributed by atoms with Gasteiger partial charge in [0.1, 0.15) is 17.9 Å². The van der Waals surface area contributed by atoms with E-state index in [0.29, 0.717) is 55.8 Å². The fourth-order valence-electron chi connectivity index (χ4n) is 5.12. The summed E-state index contributed by atoms with van der Waals surface area (Å²) in [5, 5.41) is 5.98. The number of carbonyl (C=O) groups excluding carboxylic acids is 2. The van der Waals surface area contributed by atoms with Gasteiger partial charge in [-0.25, -0.2) is 14.8 Å². The number of hydrogen-bond donors (Lipinski definition) is 2. The minimum absolute atomic E-state index is 0.114. The van der Waals surface area contributed by atoms with Gasteiger partial charge >= 0.3 is 6.03 Å². The largest absolute Gasteiger partial charge is 0.497 e. The van der Waals surface area contributed by atoms with Crippen LogP contribution in [-0.4, -0.2) is 82.5 Å². The molecule has 1 saturated heterocycles. The maximum absolute atomic E-state index is 13.2. The molecule has 2 N–H and O–H groups in total. The van der Waals surface area contributed by atoms with Crippen molar-refractivity contribution in [2.24, 2.45) is 0 Å². The summed E-state index contributed by atoms with van der Waals surface area (Å²) in [5.41, 5.74) is 1.70. The Morgan fingerprint density at radius 1 is 1.05 bits per heavy atom. The molecule has 2 aromatic heterocycles. The zero-order chi connectivity index (χ0) is 29.6. The molecule has 0 saturated carbocycles. The van der Waals surface area contributed by atoms with Gasteiger partial charge in [-0.1, -0.05) is 6.07 Å². The third kappa shape index (κ3) is 6.61. The molecular formula is C30H32N8O5. The van der Waals surface area contributed by atoms with Crippen molar-refractivity contribution in [3.8, 4) is 23.2 Å². The topological polar surface area (TPSA) is 136 Å². The van der Waals surface area contributed by atoms with E-state index in [1.165, 1.54) is 0 Å². The summed E-state index contributed by atoms with van der Waals surface area (Å²) >= 11 is 0. The molecule has 0 spiro atoms. The first-order valence-electron chi connectivity index (χ1n) is 14.0. The molecule has 6 rings (SSSR count). The number of imidazole rings is 1. The second-order valence-electron chi connectivity index (χ2n) is 10.1. The van der Waals surface area contributed by atoms with E-state index in [1.54, 1.807) is 65.8 Å². The van der Waals surface area contributed by atoms with Crippen molar-refractivity contribution in [1.29, 1.82) is 0 Å². The number of anilines is 2. The number of ether oxygens (including phenoxy) is 3. The van der Waals surface area contributed by atoms with E-state index in [-0.39, 0.29) is 31.2 Å². The third-order valence-corrected chi connectivity index (χ3v) is 7.36. The van der Waals surface area contributed by atoms with E-state index in [9.17, 15) is 9.59 Å². The lowest BCUT2D eigenvalue weighted by atomic mass is 10.1. The minimum atomic E-state index is -0.313. The molecule has 1 fully saturated rings. The van der Waals surface area contributed by atoms with E-state index in [4.69, 9.17) is 19.2 Å². The number of piperazine rings is 1. The molecule has 0 aliphatic carbocycles. The Labute approximate surface area is 248 Å². The zero-order valence-corrected chi connectivity index (χ0v) is 23.7. The molecule has 222 valence electrons. The number of nitrogens with zero attached hydrogens (tertiary/aromatic N) is 6. The third-order valence-electron chi connectivity index (χ3n) is 7.36. The van der Waals surface area contributed by atoms with Crippen molar-refractivity contribution in [2.75, 3.05) is 50.3 Å². The summed E-state index contributed by atoms with van der Waals surface area (Å²) in [6.07, 6.45) is 7.57. The lowest BCUT2D eigenvalue weighted by Crippen LogP contribution is -2.57. The lowest BCUT2D eigenvalue weighted by Gasteiger charge is -2.41. The Kier molecular flexibility index (Phi) is 8.20. The second kappa shape index (κ2) is 12.7. The molecule has 43 heavy (non-hydrogen) atoms. The molecule has 1 unspecified atom stereocenters. The van der Waals surface area contributed by atoms with E-state index >= 15 is 0 Å². The first-order valence-corrected chi connectivity index (χ1v) is 14.0. The Hall–Kier alpha value is -5.33. The summed E-state index contributed by atoms with van der Waals surface area (Å²) in [7, 11) is 1.59. The van der Waals surface area contributed by atoms with Crippen LogP contribution in [0.5, 0.6) is 17.2 Å². The molecule has 0 radical (unpaired) electrons. The van der Waals surface area contributed by atoms with E-state index in [0.717, 1.165) is 17.1 Å². The number of nitrogens with one attached hydrogen (secondary N) is 2. The van der Waals surface area contributed by atoms with Crippen LogP contribution in [0.25, 0.3) is 5.95 Å². The summed E-state index contributed by atoms with van der Waals surface area (Å²) in [6.45, 7) is 1.96. The van der Waals surface area contributed by atoms with Gasteiger partial charge in [0, 0.05) is 56.9 Å². The SMILES string of the molecule is COc1ccc(NC(=O)N2CCN(c3ccnc(-n4ccnc4)n3)C(CC(=O)NCCc3ccc4c(c3)OCO4)C2)cc1. The van der Waals surface area contributed by atoms with E-state index < -0.39 is 0 Å². The van der Waals surface area contributed by atoms with Crippen LogP contribution in [0.4, 0.5) is 16.3 Å². The summed E-state index contributed by atoms with van der Waals surface area (Å²) in [5.74, 6) is 3.18. The van der Waals surface area contributed by atoms with Crippen molar-refractivity contribution >= 4 is 23.4 Å². The Morgan fingerprint density at radius 3 is 2.72 bits per heavy atom. The molecule has 2 aliphatic heterocycles. The number of rotatable bonds is 9. The van der Waals surface area contributed by atoms with Crippen molar-refractivity contribution in [3.05, 3.63) is 79.0 Å². The average molecular weight is 585 g/mol. The van der Waals surface area contributed by atoms with Crippen LogP contribution in [0.15, 0.2) is 73.4 Å². The number of urea groups is 1. The first-order chi connectivity index (χ1) is 21.1. The van der Waals surface area contributed by atoms with Gasteiger partial charge in [-0.15, -0.1) is 0 Å². The Morgan fingerprint density at radius 2 is 1.91 bits per heavy atom. The smallest absolute Gasteiger partial charge is 0.321 e. The normalized spacial score (nSPS) is 15.7. The van der Waals surface area contributed by atoms with Crippen molar-refractivity contribution < 1.29 is 23.8 Å². The highest BCUT2D eigenvalue weighted by Crippen LogP contribution is 2.32. The number of amides is 3. The van der Waals surface area contributed by atoms with Gasteiger partial charge in [0.15, 0.2) is 11.5 Å². The predicted octanol–water partition coefficient (Wildman–Crippen LogP) is 2.87. The number of carbonyl (C=O) groups is 2. The van der Waals surface area contributed by atoms with E-state index in [2.05, 4.69) is 25.5 Å². The fourth-order valence-corrected chi connectivity index (χ4v) is 5.12. The molecular weight excluding hydrogens is 552 g/mol. The molecule has 1 atom stereocenters.